The van der Waals surface area contributed by atoms with Crippen molar-refractivity contribution < 1.29 is 9.15 Å². The van der Waals surface area contributed by atoms with Crippen LogP contribution >= 0.6 is 24.0 Å². The molecule has 0 amide bonds. The average Bonchev–Trinajstić information content (AvgIpc) is 3.20. The van der Waals surface area contributed by atoms with Crippen molar-refractivity contribution in [3.05, 3.63) is 48.0 Å². The Hall–Kier alpha value is -1.81. The minimum absolute atomic E-state index is 0. The monoisotopic (exact) mass is 485 g/mol. The van der Waals surface area contributed by atoms with Crippen LogP contribution in [0.4, 0.5) is 5.82 Å². The second-order valence-electron chi connectivity index (χ2n) is 6.04. The normalized spacial score (nSPS) is 14.6. The number of guanidine groups is 1. The Morgan fingerprint density at radius 3 is 2.81 bits per heavy atom. The van der Waals surface area contributed by atoms with Crippen molar-refractivity contribution in [3.63, 3.8) is 0 Å². The third-order valence-corrected chi connectivity index (χ3v) is 4.17. The van der Waals surface area contributed by atoms with Crippen LogP contribution in [0.15, 0.2) is 46.1 Å². The van der Waals surface area contributed by atoms with Crippen LogP contribution in [0.1, 0.15) is 18.2 Å². The van der Waals surface area contributed by atoms with E-state index in [1.807, 2.05) is 24.4 Å². The van der Waals surface area contributed by atoms with Crippen molar-refractivity contribution in [1.29, 1.82) is 0 Å². The van der Waals surface area contributed by atoms with Gasteiger partial charge in [0.2, 0.25) is 0 Å². The van der Waals surface area contributed by atoms with Gasteiger partial charge in [0.15, 0.2) is 5.96 Å². The molecule has 0 atom stereocenters. The zero-order chi connectivity index (χ0) is 18.0. The number of morpholine rings is 1. The second-order valence-corrected chi connectivity index (χ2v) is 6.04. The number of furan rings is 1. The zero-order valence-electron chi connectivity index (χ0n) is 15.7. The molecule has 27 heavy (non-hydrogen) atoms. The molecule has 0 saturated carbocycles. The Bertz CT molecular complexity index is 687. The molecule has 0 bridgehead atoms. The molecular weight excluding hydrogens is 457 g/mol. The summed E-state index contributed by atoms with van der Waals surface area (Å²) >= 11 is 0. The molecule has 2 aromatic heterocycles. The zero-order valence-corrected chi connectivity index (χ0v) is 18.0. The number of pyridine rings is 1. The molecule has 0 unspecified atom stereocenters. The van der Waals surface area contributed by atoms with E-state index in [0.29, 0.717) is 6.54 Å². The maximum absolute atomic E-state index is 5.44. The van der Waals surface area contributed by atoms with Crippen LogP contribution in [-0.2, 0) is 17.7 Å². The third kappa shape index (κ3) is 6.69. The molecule has 3 heterocycles. The highest BCUT2D eigenvalue weighted by molar-refractivity contribution is 14.0. The smallest absolute Gasteiger partial charge is 0.191 e. The summed E-state index contributed by atoms with van der Waals surface area (Å²) in [6.07, 6.45) is 4.36. The van der Waals surface area contributed by atoms with E-state index in [4.69, 9.17) is 14.1 Å². The predicted octanol–water partition coefficient (Wildman–Crippen LogP) is 2.43. The van der Waals surface area contributed by atoms with E-state index in [1.165, 1.54) is 0 Å². The molecule has 0 aromatic carbocycles. The fourth-order valence-electron chi connectivity index (χ4n) is 2.88. The Balaban J connectivity index is 0.00000261. The lowest BCUT2D eigenvalue weighted by atomic mass is 10.2. The summed E-state index contributed by atoms with van der Waals surface area (Å²) in [5.74, 6) is 2.78. The maximum atomic E-state index is 5.44. The molecule has 0 aliphatic carbocycles. The molecule has 7 nitrogen and oxygen atoms in total. The van der Waals surface area contributed by atoms with Crippen LogP contribution in [0, 0.1) is 0 Å². The number of anilines is 1. The van der Waals surface area contributed by atoms with Gasteiger partial charge in [-0.25, -0.2) is 9.98 Å². The maximum Gasteiger partial charge on any atom is 0.191 e. The van der Waals surface area contributed by atoms with Gasteiger partial charge in [0.05, 0.1) is 26.0 Å². The lowest BCUT2D eigenvalue weighted by molar-refractivity contribution is 0.122. The second kappa shape index (κ2) is 11.8. The third-order valence-electron chi connectivity index (χ3n) is 4.17. The van der Waals surface area contributed by atoms with Gasteiger partial charge in [-0.2, -0.15) is 0 Å². The summed E-state index contributed by atoms with van der Waals surface area (Å²) in [5, 5.41) is 6.64. The summed E-state index contributed by atoms with van der Waals surface area (Å²) in [6, 6.07) is 7.94. The van der Waals surface area contributed by atoms with Crippen molar-refractivity contribution in [3.8, 4) is 0 Å². The lowest BCUT2D eigenvalue weighted by Gasteiger charge is -2.29. The first-order valence-electron chi connectivity index (χ1n) is 9.18. The van der Waals surface area contributed by atoms with Gasteiger partial charge in [0, 0.05) is 44.4 Å². The molecular formula is C19H28IN5O2. The molecule has 0 radical (unpaired) electrons. The van der Waals surface area contributed by atoms with Crippen molar-refractivity contribution in [2.75, 3.05) is 44.3 Å². The summed E-state index contributed by atoms with van der Waals surface area (Å²) in [5.41, 5.74) is 1.12. The summed E-state index contributed by atoms with van der Waals surface area (Å²) < 4.78 is 10.8. The molecule has 2 N–H and O–H groups in total. The highest BCUT2D eigenvalue weighted by atomic mass is 127. The highest BCUT2D eigenvalue weighted by Gasteiger charge is 2.15. The molecule has 3 rings (SSSR count). The number of aliphatic imine (C=N–C) groups is 1. The quantitative estimate of drug-likeness (QED) is 0.357. The molecule has 1 aliphatic rings. The Kier molecular flexibility index (Phi) is 9.40. The number of hydrogen-bond donors (Lipinski definition) is 2. The summed E-state index contributed by atoms with van der Waals surface area (Å²) in [6.45, 7) is 7.46. The van der Waals surface area contributed by atoms with E-state index in [0.717, 1.165) is 68.9 Å². The molecule has 2 aromatic rings. The van der Waals surface area contributed by atoms with Crippen molar-refractivity contribution in [1.82, 2.24) is 15.6 Å². The number of nitrogens with zero attached hydrogens (tertiary/aromatic N) is 3. The highest BCUT2D eigenvalue weighted by Crippen LogP contribution is 2.19. The number of aromatic nitrogens is 1. The van der Waals surface area contributed by atoms with E-state index in [2.05, 4.69) is 33.5 Å². The van der Waals surface area contributed by atoms with Crippen molar-refractivity contribution in [2.45, 2.75) is 19.9 Å². The topological polar surface area (TPSA) is 74.9 Å². The van der Waals surface area contributed by atoms with Gasteiger partial charge >= 0.3 is 0 Å². The van der Waals surface area contributed by atoms with Crippen LogP contribution < -0.4 is 15.5 Å². The molecule has 1 saturated heterocycles. The first kappa shape index (κ1) is 21.5. The molecule has 1 aliphatic heterocycles. The van der Waals surface area contributed by atoms with Crippen LogP contribution in [0.5, 0.6) is 0 Å². The number of halogens is 1. The molecule has 0 spiro atoms. The minimum Gasteiger partial charge on any atom is -0.469 e. The van der Waals surface area contributed by atoms with E-state index >= 15 is 0 Å². The number of ether oxygens (including phenoxy) is 1. The van der Waals surface area contributed by atoms with Gasteiger partial charge in [0.1, 0.15) is 11.6 Å². The van der Waals surface area contributed by atoms with Gasteiger partial charge in [-0.1, -0.05) is 6.07 Å². The standard InChI is InChI=1S/C19H27N5O2.HI/c1-2-20-19(22-9-7-17-6-4-12-26-17)23-15-16-5-3-8-21-18(16)24-10-13-25-14-11-24;/h3-6,8,12H,2,7,9-11,13-15H2,1H3,(H2,20,22,23);1H. The van der Waals surface area contributed by atoms with Crippen LogP contribution in [0.2, 0.25) is 0 Å². The number of hydrogen-bond acceptors (Lipinski definition) is 5. The van der Waals surface area contributed by atoms with E-state index in [1.54, 1.807) is 6.26 Å². The average molecular weight is 485 g/mol. The van der Waals surface area contributed by atoms with Gasteiger partial charge in [-0.15, -0.1) is 24.0 Å². The Labute approximate surface area is 177 Å². The van der Waals surface area contributed by atoms with Crippen LogP contribution in [0.25, 0.3) is 0 Å². The van der Waals surface area contributed by atoms with Crippen LogP contribution in [0.3, 0.4) is 0 Å². The Morgan fingerprint density at radius 1 is 1.22 bits per heavy atom. The van der Waals surface area contributed by atoms with Crippen molar-refractivity contribution in [2.24, 2.45) is 4.99 Å². The van der Waals surface area contributed by atoms with E-state index < -0.39 is 0 Å². The van der Waals surface area contributed by atoms with Gasteiger partial charge < -0.3 is 24.7 Å². The summed E-state index contributed by atoms with van der Waals surface area (Å²) in [4.78, 5) is 11.6. The van der Waals surface area contributed by atoms with Gasteiger partial charge in [-0.3, -0.25) is 0 Å². The fourth-order valence-corrected chi connectivity index (χ4v) is 2.88. The van der Waals surface area contributed by atoms with Gasteiger partial charge in [-0.05, 0) is 25.1 Å². The van der Waals surface area contributed by atoms with Gasteiger partial charge in [0.25, 0.3) is 0 Å². The van der Waals surface area contributed by atoms with Crippen LogP contribution in [-0.4, -0.2) is 50.3 Å². The number of nitrogens with one attached hydrogen (secondary N) is 2. The van der Waals surface area contributed by atoms with E-state index in [9.17, 15) is 0 Å². The fraction of sp³-hybridized carbons (Fsp3) is 0.474. The van der Waals surface area contributed by atoms with Crippen molar-refractivity contribution >= 4 is 35.8 Å². The molecule has 8 heteroatoms. The SMILES string of the molecule is CCNC(=NCc1cccnc1N1CCOCC1)NCCc1ccco1.I. The van der Waals surface area contributed by atoms with E-state index in [-0.39, 0.29) is 24.0 Å². The number of rotatable bonds is 7. The first-order valence-corrected chi connectivity index (χ1v) is 9.18. The summed E-state index contributed by atoms with van der Waals surface area (Å²) in [7, 11) is 0. The molecule has 1 fully saturated rings. The Morgan fingerprint density at radius 2 is 2.07 bits per heavy atom. The largest absolute Gasteiger partial charge is 0.469 e. The predicted molar refractivity (Wildman–Crippen MR) is 118 cm³/mol. The lowest BCUT2D eigenvalue weighted by Crippen LogP contribution is -2.38. The molecule has 148 valence electrons. The minimum atomic E-state index is 0. The first-order chi connectivity index (χ1) is 12.9.